The summed E-state index contributed by atoms with van der Waals surface area (Å²) >= 11 is 0. The molecule has 14 heavy (non-hydrogen) atoms. The van der Waals surface area contributed by atoms with Gasteiger partial charge in [0.05, 0.1) is 0 Å². The molecule has 2 heteroatoms. The van der Waals surface area contributed by atoms with E-state index in [-0.39, 0.29) is 5.91 Å². The van der Waals surface area contributed by atoms with Crippen LogP contribution in [-0.2, 0) is 0 Å². The van der Waals surface area contributed by atoms with Crippen LogP contribution in [0.1, 0.15) is 22.8 Å². The van der Waals surface area contributed by atoms with Crippen LogP contribution in [0.2, 0.25) is 0 Å². The van der Waals surface area contributed by atoms with Gasteiger partial charge in [-0.25, -0.2) is 0 Å². The van der Waals surface area contributed by atoms with E-state index in [0.717, 1.165) is 5.56 Å². The average molecular weight is 187 g/mol. The van der Waals surface area contributed by atoms with Crippen molar-refractivity contribution >= 4 is 5.91 Å². The van der Waals surface area contributed by atoms with Crippen molar-refractivity contribution in [1.82, 2.24) is 4.90 Å². The molecule has 1 aromatic rings. The number of carbonyl (C=O) groups is 1. The molecule has 0 saturated heterocycles. The molecule has 0 fully saturated rings. The second-order valence-electron chi connectivity index (χ2n) is 3.16. The molecular weight excluding hydrogens is 174 g/mol. The van der Waals surface area contributed by atoms with E-state index < -0.39 is 0 Å². The van der Waals surface area contributed by atoms with Crippen molar-refractivity contribution in [2.45, 2.75) is 6.92 Å². The van der Waals surface area contributed by atoms with Gasteiger partial charge in [0.1, 0.15) is 0 Å². The summed E-state index contributed by atoms with van der Waals surface area (Å²) < 4.78 is 0. The normalized spacial score (nSPS) is 8.79. The largest absolute Gasteiger partial charge is 0.345 e. The van der Waals surface area contributed by atoms with Gasteiger partial charge in [0, 0.05) is 25.2 Å². The quantitative estimate of drug-likeness (QED) is 0.613. The standard InChI is InChI=1S/C12H13NO/c1-4-6-10-7-5-8-11(9-10)12(14)13(2)3/h5,7-9H,1-3H3. The lowest BCUT2D eigenvalue weighted by Gasteiger charge is -2.09. The summed E-state index contributed by atoms with van der Waals surface area (Å²) in [5.74, 6) is 5.73. The Labute approximate surface area is 84.5 Å². The molecular formula is C12H13NO. The van der Waals surface area contributed by atoms with E-state index in [1.54, 1.807) is 38.1 Å². The van der Waals surface area contributed by atoms with Crippen molar-refractivity contribution in [3.05, 3.63) is 35.4 Å². The van der Waals surface area contributed by atoms with Crippen LogP contribution in [0.5, 0.6) is 0 Å². The van der Waals surface area contributed by atoms with Gasteiger partial charge in [-0.15, -0.1) is 5.92 Å². The fourth-order valence-electron chi connectivity index (χ4n) is 1.13. The SMILES string of the molecule is CC#Cc1cccc(C(=O)N(C)C)c1. The van der Waals surface area contributed by atoms with Crippen LogP contribution >= 0.6 is 0 Å². The third-order valence-electron chi connectivity index (χ3n) is 1.79. The van der Waals surface area contributed by atoms with Crippen molar-refractivity contribution in [1.29, 1.82) is 0 Å². The maximum absolute atomic E-state index is 11.6. The van der Waals surface area contributed by atoms with Gasteiger partial charge in [0.25, 0.3) is 5.91 Å². The third kappa shape index (κ3) is 2.37. The lowest BCUT2D eigenvalue weighted by atomic mass is 10.1. The lowest BCUT2D eigenvalue weighted by molar-refractivity contribution is 0.0827. The van der Waals surface area contributed by atoms with Crippen molar-refractivity contribution < 1.29 is 4.79 Å². The first kappa shape index (κ1) is 10.3. The molecule has 0 aromatic heterocycles. The first-order valence-corrected chi connectivity index (χ1v) is 4.39. The number of benzene rings is 1. The molecule has 0 heterocycles. The molecule has 2 nitrogen and oxygen atoms in total. The monoisotopic (exact) mass is 187 g/mol. The van der Waals surface area contributed by atoms with Gasteiger partial charge >= 0.3 is 0 Å². The number of nitrogens with zero attached hydrogens (tertiary/aromatic N) is 1. The van der Waals surface area contributed by atoms with Crippen LogP contribution in [0.15, 0.2) is 24.3 Å². The Balaban J connectivity index is 3.03. The van der Waals surface area contributed by atoms with Gasteiger partial charge < -0.3 is 4.90 Å². The van der Waals surface area contributed by atoms with Crippen LogP contribution in [0, 0.1) is 11.8 Å². The van der Waals surface area contributed by atoms with Crippen LogP contribution < -0.4 is 0 Å². The van der Waals surface area contributed by atoms with E-state index >= 15 is 0 Å². The molecule has 72 valence electrons. The zero-order valence-electron chi connectivity index (χ0n) is 8.66. The molecule has 1 amide bonds. The smallest absolute Gasteiger partial charge is 0.253 e. The van der Waals surface area contributed by atoms with Gasteiger partial charge in [-0.3, -0.25) is 4.79 Å². The fraction of sp³-hybridized carbons (Fsp3) is 0.250. The van der Waals surface area contributed by atoms with Gasteiger partial charge in [-0.2, -0.15) is 0 Å². The van der Waals surface area contributed by atoms with Gasteiger partial charge in [0.15, 0.2) is 0 Å². The zero-order chi connectivity index (χ0) is 10.6. The molecule has 1 rings (SSSR count). The number of carbonyl (C=O) groups excluding carboxylic acids is 1. The van der Waals surface area contributed by atoms with E-state index in [2.05, 4.69) is 11.8 Å². The maximum atomic E-state index is 11.6. The number of hydrogen-bond acceptors (Lipinski definition) is 1. The highest BCUT2D eigenvalue weighted by atomic mass is 16.2. The maximum Gasteiger partial charge on any atom is 0.253 e. The topological polar surface area (TPSA) is 20.3 Å². The first-order valence-electron chi connectivity index (χ1n) is 4.39. The highest BCUT2D eigenvalue weighted by molar-refractivity contribution is 5.94. The number of hydrogen-bond donors (Lipinski definition) is 0. The summed E-state index contributed by atoms with van der Waals surface area (Å²) in [5.41, 5.74) is 1.55. The lowest BCUT2D eigenvalue weighted by Crippen LogP contribution is -2.21. The van der Waals surface area contributed by atoms with Crippen molar-refractivity contribution in [3.8, 4) is 11.8 Å². The van der Waals surface area contributed by atoms with Crippen molar-refractivity contribution in [3.63, 3.8) is 0 Å². The van der Waals surface area contributed by atoms with Gasteiger partial charge in [0.2, 0.25) is 0 Å². The molecule has 0 spiro atoms. The summed E-state index contributed by atoms with van der Waals surface area (Å²) in [6.07, 6.45) is 0. The molecule has 0 aliphatic heterocycles. The number of amides is 1. The Morgan fingerprint density at radius 3 is 2.64 bits per heavy atom. The highest BCUT2D eigenvalue weighted by Crippen LogP contribution is 2.05. The Morgan fingerprint density at radius 1 is 1.36 bits per heavy atom. The summed E-state index contributed by atoms with van der Waals surface area (Å²) in [4.78, 5) is 13.1. The predicted molar refractivity (Wildman–Crippen MR) is 57.0 cm³/mol. The molecule has 0 aliphatic rings. The fourth-order valence-corrected chi connectivity index (χ4v) is 1.13. The Bertz CT molecular complexity index is 396. The second kappa shape index (κ2) is 4.48. The van der Waals surface area contributed by atoms with E-state index in [1.165, 1.54) is 0 Å². The van der Waals surface area contributed by atoms with E-state index in [4.69, 9.17) is 0 Å². The Kier molecular flexibility index (Phi) is 3.30. The van der Waals surface area contributed by atoms with E-state index in [0.29, 0.717) is 5.56 Å². The number of rotatable bonds is 1. The van der Waals surface area contributed by atoms with Crippen LogP contribution in [0.4, 0.5) is 0 Å². The third-order valence-corrected chi connectivity index (χ3v) is 1.79. The molecule has 0 unspecified atom stereocenters. The van der Waals surface area contributed by atoms with Crippen molar-refractivity contribution in [2.24, 2.45) is 0 Å². The Hall–Kier alpha value is -1.75. The van der Waals surface area contributed by atoms with E-state index in [9.17, 15) is 4.79 Å². The molecule has 0 aliphatic carbocycles. The minimum absolute atomic E-state index is 0.00440. The minimum Gasteiger partial charge on any atom is -0.345 e. The molecule has 0 radical (unpaired) electrons. The van der Waals surface area contributed by atoms with Crippen molar-refractivity contribution in [2.75, 3.05) is 14.1 Å². The first-order chi connectivity index (χ1) is 6.65. The summed E-state index contributed by atoms with van der Waals surface area (Å²) in [5, 5.41) is 0. The van der Waals surface area contributed by atoms with E-state index in [1.807, 2.05) is 12.1 Å². The zero-order valence-corrected chi connectivity index (χ0v) is 8.66. The van der Waals surface area contributed by atoms with Crippen LogP contribution in [0.3, 0.4) is 0 Å². The molecule has 0 bridgehead atoms. The molecule has 1 aromatic carbocycles. The summed E-state index contributed by atoms with van der Waals surface area (Å²) in [6.45, 7) is 1.78. The minimum atomic E-state index is 0.00440. The van der Waals surface area contributed by atoms with Gasteiger partial charge in [-0.05, 0) is 25.1 Å². The molecule has 0 atom stereocenters. The predicted octanol–water partition coefficient (Wildman–Crippen LogP) is 1.76. The highest BCUT2D eigenvalue weighted by Gasteiger charge is 2.06. The molecule has 0 saturated carbocycles. The summed E-state index contributed by atoms with van der Waals surface area (Å²) in [7, 11) is 3.47. The Morgan fingerprint density at radius 2 is 2.07 bits per heavy atom. The van der Waals surface area contributed by atoms with Gasteiger partial charge in [-0.1, -0.05) is 12.0 Å². The average Bonchev–Trinajstić information content (AvgIpc) is 2.17. The summed E-state index contributed by atoms with van der Waals surface area (Å²) in [6, 6.07) is 7.33. The van der Waals surface area contributed by atoms with Crippen LogP contribution in [0.25, 0.3) is 0 Å². The molecule has 0 N–H and O–H groups in total. The van der Waals surface area contributed by atoms with Crippen LogP contribution in [-0.4, -0.2) is 24.9 Å². The second-order valence-corrected chi connectivity index (χ2v) is 3.16.